The molecule has 0 aromatic heterocycles. The Hall–Kier alpha value is -0.120. The SMILES string of the molecule is CC1OCCC(CO)O1. The van der Waals surface area contributed by atoms with Gasteiger partial charge in [-0.05, 0) is 13.3 Å². The molecule has 9 heavy (non-hydrogen) atoms. The summed E-state index contributed by atoms with van der Waals surface area (Å²) in [5.74, 6) is 0. The van der Waals surface area contributed by atoms with Gasteiger partial charge in [-0.3, -0.25) is 0 Å². The van der Waals surface area contributed by atoms with Crippen molar-refractivity contribution in [3.05, 3.63) is 0 Å². The molecule has 54 valence electrons. The van der Waals surface area contributed by atoms with Crippen LogP contribution in [0, 0.1) is 0 Å². The maximum atomic E-state index is 8.63. The minimum atomic E-state index is -0.143. The number of aliphatic hydroxyl groups excluding tert-OH is 1. The van der Waals surface area contributed by atoms with E-state index in [1.807, 2.05) is 6.92 Å². The van der Waals surface area contributed by atoms with Gasteiger partial charge in [-0.25, -0.2) is 0 Å². The fourth-order valence-corrected chi connectivity index (χ4v) is 0.878. The molecule has 0 bridgehead atoms. The van der Waals surface area contributed by atoms with Crippen molar-refractivity contribution >= 4 is 0 Å². The molecule has 0 spiro atoms. The van der Waals surface area contributed by atoms with Gasteiger partial charge in [-0.1, -0.05) is 0 Å². The maximum absolute atomic E-state index is 8.63. The Bertz CT molecular complexity index is 84.4. The highest BCUT2D eigenvalue weighted by atomic mass is 16.7. The van der Waals surface area contributed by atoms with Gasteiger partial charge in [0.05, 0.1) is 19.3 Å². The second-order valence-electron chi connectivity index (χ2n) is 2.17. The van der Waals surface area contributed by atoms with Gasteiger partial charge in [0.2, 0.25) is 0 Å². The molecule has 2 atom stereocenters. The predicted octanol–water partition coefficient (Wildman–Crippen LogP) is 0.130. The lowest BCUT2D eigenvalue weighted by atomic mass is 10.2. The van der Waals surface area contributed by atoms with Gasteiger partial charge in [-0.15, -0.1) is 0 Å². The van der Waals surface area contributed by atoms with Crippen molar-refractivity contribution in [2.75, 3.05) is 13.2 Å². The van der Waals surface area contributed by atoms with Gasteiger partial charge in [0.25, 0.3) is 0 Å². The highest BCUT2D eigenvalue weighted by Crippen LogP contribution is 2.10. The molecule has 0 radical (unpaired) electrons. The zero-order valence-electron chi connectivity index (χ0n) is 5.54. The Morgan fingerprint density at radius 3 is 2.89 bits per heavy atom. The fourth-order valence-electron chi connectivity index (χ4n) is 0.878. The third-order valence-corrected chi connectivity index (χ3v) is 1.38. The molecule has 2 unspecified atom stereocenters. The Labute approximate surface area is 54.6 Å². The monoisotopic (exact) mass is 132 g/mol. The second kappa shape index (κ2) is 3.15. The molecule has 1 saturated heterocycles. The van der Waals surface area contributed by atoms with Crippen molar-refractivity contribution in [1.29, 1.82) is 0 Å². The second-order valence-corrected chi connectivity index (χ2v) is 2.17. The van der Waals surface area contributed by atoms with Crippen molar-refractivity contribution in [2.24, 2.45) is 0 Å². The molecule has 1 heterocycles. The van der Waals surface area contributed by atoms with Gasteiger partial charge in [-0.2, -0.15) is 0 Å². The lowest BCUT2D eigenvalue weighted by Crippen LogP contribution is -2.32. The summed E-state index contributed by atoms with van der Waals surface area (Å²) in [5, 5.41) is 8.63. The van der Waals surface area contributed by atoms with E-state index in [1.165, 1.54) is 0 Å². The van der Waals surface area contributed by atoms with E-state index in [0.29, 0.717) is 6.61 Å². The van der Waals surface area contributed by atoms with Gasteiger partial charge in [0.1, 0.15) is 0 Å². The highest BCUT2D eigenvalue weighted by Gasteiger charge is 2.17. The van der Waals surface area contributed by atoms with Crippen molar-refractivity contribution in [3.8, 4) is 0 Å². The zero-order valence-corrected chi connectivity index (χ0v) is 5.54. The number of hydrogen-bond donors (Lipinski definition) is 1. The molecule has 1 fully saturated rings. The van der Waals surface area contributed by atoms with Gasteiger partial charge in [0, 0.05) is 0 Å². The largest absolute Gasteiger partial charge is 0.394 e. The van der Waals surface area contributed by atoms with E-state index >= 15 is 0 Å². The minimum absolute atomic E-state index is 0.00579. The molecule has 0 aromatic carbocycles. The van der Waals surface area contributed by atoms with Crippen molar-refractivity contribution in [2.45, 2.75) is 25.7 Å². The standard InChI is InChI=1S/C6H12O3/c1-5-8-3-2-6(4-7)9-5/h5-7H,2-4H2,1H3. The van der Waals surface area contributed by atoms with Gasteiger partial charge >= 0.3 is 0 Å². The number of rotatable bonds is 1. The molecule has 0 aromatic rings. The summed E-state index contributed by atoms with van der Waals surface area (Å²) in [6, 6.07) is 0. The summed E-state index contributed by atoms with van der Waals surface area (Å²) in [6.45, 7) is 2.64. The van der Waals surface area contributed by atoms with Crippen molar-refractivity contribution in [1.82, 2.24) is 0 Å². The molecule has 1 N–H and O–H groups in total. The first-order chi connectivity index (χ1) is 4.33. The smallest absolute Gasteiger partial charge is 0.155 e. The van der Waals surface area contributed by atoms with E-state index in [-0.39, 0.29) is 19.0 Å². The minimum Gasteiger partial charge on any atom is -0.394 e. The van der Waals surface area contributed by atoms with Gasteiger partial charge in [0.15, 0.2) is 6.29 Å². The predicted molar refractivity (Wildman–Crippen MR) is 32.0 cm³/mol. The summed E-state index contributed by atoms with van der Waals surface area (Å²) >= 11 is 0. The van der Waals surface area contributed by atoms with E-state index < -0.39 is 0 Å². The number of aliphatic hydroxyl groups is 1. The third kappa shape index (κ3) is 1.93. The van der Waals surface area contributed by atoms with Crippen LogP contribution >= 0.6 is 0 Å². The first-order valence-electron chi connectivity index (χ1n) is 3.21. The van der Waals surface area contributed by atoms with Crippen molar-refractivity contribution < 1.29 is 14.6 Å². The molecule has 0 amide bonds. The summed E-state index contributed by atoms with van der Waals surface area (Å²) in [7, 11) is 0. The van der Waals surface area contributed by atoms with Crippen LogP contribution in [-0.4, -0.2) is 30.7 Å². The summed E-state index contributed by atoms with van der Waals surface area (Å²) in [5.41, 5.74) is 0. The molecule has 3 nitrogen and oxygen atoms in total. The van der Waals surface area contributed by atoms with Crippen LogP contribution in [0.1, 0.15) is 13.3 Å². The first-order valence-corrected chi connectivity index (χ1v) is 3.21. The van der Waals surface area contributed by atoms with E-state index in [0.717, 1.165) is 6.42 Å². The summed E-state index contributed by atoms with van der Waals surface area (Å²) in [4.78, 5) is 0. The molecule has 1 aliphatic heterocycles. The number of ether oxygens (including phenoxy) is 2. The van der Waals surface area contributed by atoms with E-state index in [2.05, 4.69) is 0 Å². The van der Waals surface area contributed by atoms with Crippen LogP contribution in [-0.2, 0) is 9.47 Å². The molecule has 0 saturated carbocycles. The van der Waals surface area contributed by atoms with Crippen LogP contribution in [0.3, 0.4) is 0 Å². The Kier molecular flexibility index (Phi) is 2.45. The molecular formula is C6H12O3. The quantitative estimate of drug-likeness (QED) is 0.551. The zero-order chi connectivity index (χ0) is 6.69. The average molecular weight is 132 g/mol. The lowest BCUT2D eigenvalue weighted by Gasteiger charge is -2.26. The van der Waals surface area contributed by atoms with Crippen LogP contribution in [0.25, 0.3) is 0 Å². The summed E-state index contributed by atoms with van der Waals surface area (Å²) in [6.07, 6.45) is 0.658. The molecule has 0 aliphatic carbocycles. The van der Waals surface area contributed by atoms with Crippen LogP contribution < -0.4 is 0 Å². The summed E-state index contributed by atoms with van der Waals surface area (Å²) < 4.78 is 10.2. The Morgan fingerprint density at radius 2 is 2.44 bits per heavy atom. The van der Waals surface area contributed by atoms with Crippen LogP contribution in [0.4, 0.5) is 0 Å². The van der Waals surface area contributed by atoms with E-state index in [9.17, 15) is 0 Å². The normalized spacial score (nSPS) is 36.7. The average Bonchev–Trinajstić information content (AvgIpc) is 1.88. The van der Waals surface area contributed by atoms with E-state index in [1.54, 1.807) is 0 Å². The van der Waals surface area contributed by atoms with Crippen LogP contribution in [0.15, 0.2) is 0 Å². The van der Waals surface area contributed by atoms with E-state index in [4.69, 9.17) is 14.6 Å². The van der Waals surface area contributed by atoms with Crippen LogP contribution in [0.5, 0.6) is 0 Å². The number of hydrogen-bond acceptors (Lipinski definition) is 3. The van der Waals surface area contributed by atoms with Crippen molar-refractivity contribution in [3.63, 3.8) is 0 Å². The lowest BCUT2D eigenvalue weighted by molar-refractivity contribution is -0.209. The molecule has 3 heteroatoms. The Morgan fingerprint density at radius 1 is 1.67 bits per heavy atom. The first kappa shape index (κ1) is 6.99. The molecule has 1 aliphatic rings. The van der Waals surface area contributed by atoms with Gasteiger partial charge < -0.3 is 14.6 Å². The fraction of sp³-hybridized carbons (Fsp3) is 1.00. The highest BCUT2D eigenvalue weighted by molar-refractivity contribution is 4.59. The molecule has 1 rings (SSSR count). The Balaban J connectivity index is 2.23. The topological polar surface area (TPSA) is 38.7 Å². The molecular weight excluding hydrogens is 120 g/mol. The van der Waals surface area contributed by atoms with Crippen LogP contribution in [0.2, 0.25) is 0 Å². The maximum Gasteiger partial charge on any atom is 0.155 e. The third-order valence-electron chi connectivity index (χ3n) is 1.38.